The minimum absolute atomic E-state index is 0.435. The molecule has 0 fully saturated rings. The normalized spacial score (nSPS) is 13.1. The zero-order valence-corrected chi connectivity index (χ0v) is 10.2. The van der Waals surface area contributed by atoms with Crippen molar-refractivity contribution in [1.29, 1.82) is 0 Å². The summed E-state index contributed by atoms with van der Waals surface area (Å²) in [5.41, 5.74) is 16.0. The van der Waals surface area contributed by atoms with Crippen molar-refractivity contribution in [2.24, 2.45) is 5.92 Å². The maximum atomic E-state index is 6.08. The van der Waals surface area contributed by atoms with Gasteiger partial charge in [-0.3, -0.25) is 0 Å². The fourth-order valence-electron chi connectivity index (χ4n) is 2.14. The lowest BCUT2D eigenvalue weighted by molar-refractivity contribution is 0.525. The van der Waals surface area contributed by atoms with E-state index in [9.17, 15) is 0 Å². The second kappa shape index (κ2) is 4.56. The lowest BCUT2D eigenvalue weighted by Crippen LogP contribution is -2.07. The summed E-state index contributed by atoms with van der Waals surface area (Å²) in [6, 6.07) is 3.94. The molecule has 1 aromatic rings. The number of rotatable bonds is 3. The predicted octanol–water partition coefficient (Wildman–Crippen LogP) is 3.31. The van der Waals surface area contributed by atoms with E-state index in [2.05, 4.69) is 20.8 Å². The maximum Gasteiger partial charge on any atom is 0.0399 e. The number of hydrogen-bond donors (Lipinski definition) is 2. The Balaban J connectivity index is 3.07. The molecule has 0 amide bonds. The highest BCUT2D eigenvalue weighted by atomic mass is 14.6. The number of nitrogen functional groups attached to an aromatic ring is 2. The van der Waals surface area contributed by atoms with Gasteiger partial charge in [-0.2, -0.15) is 0 Å². The molecular formula is C13H22N2. The van der Waals surface area contributed by atoms with Crippen LogP contribution < -0.4 is 11.5 Å². The topological polar surface area (TPSA) is 52.0 Å². The van der Waals surface area contributed by atoms with E-state index in [-0.39, 0.29) is 0 Å². The predicted molar refractivity (Wildman–Crippen MR) is 67.9 cm³/mol. The van der Waals surface area contributed by atoms with Crippen LogP contribution in [0.15, 0.2) is 12.1 Å². The minimum Gasteiger partial charge on any atom is -0.398 e. The summed E-state index contributed by atoms with van der Waals surface area (Å²) >= 11 is 0. The molecule has 0 saturated heterocycles. The van der Waals surface area contributed by atoms with E-state index in [1.165, 1.54) is 0 Å². The molecule has 2 nitrogen and oxygen atoms in total. The van der Waals surface area contributed by atoms with Gasteiger partial charge in [-0.1, -0.05) is 26.8 Å². The van der Waals surface area contributed by atoms with Crippen LogP contribution >= 0.6 is 0 Å². The molecule has 0 radical (unpaired) electrons. The van der Waals surface area contributed by atoms with Crippen molar-refractivity contribution in [1.82, 2.24) is 0 Å². The molecule has 1 atom stereocenters. The van der Waals surface area contributed by atoms with Crippen molar-refractivity contribution in [2.45, 2.75) is 40.0 Å². The van der Waals surface area contributed by atoms with Crippen molar-refractivity contribution in [3.63, 3.8) is 0 Å². The highest BCUT2D eigenvalue weighted by Gasteiger charge is 2.15. The third-order valence-corrected chi connectivity index (χ3v) is 2.86. The van der Waals surface area contributed by atoms with Gasteiger partial charge >= 0.3 is 0 Å². The first-order chi connectivity index (χ1) is 6.93. The molecule has 0 aliphatic heterocycles. The molecule has 0 aromatic heterocycles. The number of anilines is 2. The van der Waals surface area contributed by atoms with E-state index in [0.29, 0.717) is 11.8 Å². The van der Waals surface area contributed by atoms with Crippen LogP contribution in [0.2, 0.25) is 0 Å². The van der Waals surface area contributed by atoms with Crippen LogP contribution in [0.5, 0.6) is 0 Å². The van der Waals surface area contributed by atoms with E-state index in [4.69, 9.17) is 11.5 Å². The average molecular weight is 206 g/mol. The summed E-state index contributed by atoms with van der Waals surface area (Å²) in [4.78, 5) is 0. The standard InChI is InChI=1S/C13H22N2/c1-8(2)7-10(4)12-11(14)6-5-9(3)13(12)15/h5-6,8,10H,7,14-15H2,1-4H3. The van der Waals surface area contributed by atoms with Gasteiger partial charge in [-0.05, 0) is 36.8 Å². The first kappa shape index (κ1) is 11.9. The summed E-state index contributed by atoms with van der Waals surface area (Å²) in [7, 11) is 0. The minimum atomic E-state index is 0.435. The molecule has 0 bridgehead atoms. The fourth-order valence-corrected chi connectivity index (χ4v) is 2.14. The van der Waals surface area contributed by atoms with Crippen molar-refractivity contribution >= 4 is 11.4 Å². The third-order valence-electron chi connectivity index (χ3n) is 2.86. The molecule has 4 N–H and O–H groups in total. The second-order valence-corrected chi connectivity index (χ2v) is 4.83. The van der Waals surface area contributed by atoms with Gasteiger partial charge in [0.25, 0.3) is 0 Å². The quantitative estimate of drug-likeness (QED) is 0.745. The first-order valence-corrected chi connectivity index (χ1v) is 5.58. The molecule has 15 heavy (non-hydrogen) atoms. The monoisotopic (exact) mass is 206 g/mol. The summed E-state index contributed by atoms with van der Waals surface area (Å²) in [6.45, 7) is 8.67. The molecule has 1 unspecified atom stereocenters. The highest BCUT2D eigenvalue weighted by Crippen LogP contribution is 2.34. The van der Waals surface area contributed by atoms with Crippen molar-refractivity contribution in [3.05, 3.63) is 23.3 Å². The summed E-state index contributed by atoms with van der Waals surface area (Å²) in [6.07, 6.45) is 1.12. The fraction of sp³-hybridized carbons (Fsp3) is 0.538. The number of nitrogens with two attached hydrogens (primary N) is 2. The molecule has 0 aliphatic carbocycles. The van der Waals surface area contributed by atoms with Crippen LogP contribution in [0.1, 0.15) is 44.2 Å². The van der Waals surface area contributed by atoms with Crippen LogP contribution in [-0.2, 0) is 0 Å². The molecule has 2 heteroatoms. The lowest BCUT2D eigenvalue weighted by atomic mass is 9.88. The van der Waals surface area contributed by atoms with E-state index in [0.717, 1.165) is 28.9 Å². The van der Waals surface area contributed by atoms with Gasteiger partial charge in [-0.15, -0.1) is 0 Å². The molecule has 0 spiro atoms. The zero-order chi connectivity index (χ0) is 11.6. The van der Waals surface area contributed by atoms with Gasteiger partial charge in [0.1, 0.15) is 0 Å². The zero-order valence-electron chi connectivity index (χ0n) is 10.2. The number of benzene rings is 1. The summed E-state index contributed by atoms with van der Waals surface area (Å²) in [5.74, 6) is 1.10. The van der Waals surface area contributed by atoms with E-state index >= 15 is 0 Å². The van der Waals surface area contributed by atoms with Crippen LogP contribution in [0, 0.1) is 12.8 Å². The molecular weight excluding hydrogens is 184 g/mol. The average Bonchev–Trinajstić information content (AvgIpc) is 2.11. The Morgan fingerprint density at radius 2 is 1.73 bits per heavy atom. The van der Waals surface area contributed by atoms with Crippen molar-refractivity contribution in [3.8, 4) is 0 Å². The van der Waals surface area contributed by atoms with Gasteiger partial charge in [0, 0.05) is 16.9 Å². The van der Waals surface area contributed by atoms with Crippen molar-refractivity contribution in [2.75, 3.05) is 11.5 Å². The number of hydrogen-bond acceptors (Lipinski definition) is 2. The van der Waals surface area contributed by atoms with Gasteiger partial charge in [0.05, 0.1) is 0 Å². The largest absolute Gasteiger partial charge is 0.398 e. The SMILES string of the molecule is Cc1ccc(N)c(C(C)CC(C)C)c1N. The molecule has 0 heterocycles. The Morgan fingerprint density at radius 3 is 2.27 bits per heavy atom. The smallest absolute Gasteiger partial charge is 0.0399 e. The van der Waals surface area contributed by atoms with Gasteiger partial charge in [-0.25, -0.2) is 0 Å². The van der Waals surface area contributed by atoms with Crippen LogP contribution in [-0.4, -0.2) is 0 Å². The van der Waals surface area contributed by atoms with Crippen LogP contribution in [0.25, 0.3) is 0 Å². The molecule has 0 aliphatic rings. The van der Waals surface area contributed by atoms with E-state index in [1.54, 1.807) is 0 Å². The maximum absolute atomic E-state index is 6.08. The van der Waals surface area contributed by atoms with E-state index < -0.39 is 0 Å². The molecule has 84 valence electrons. The Labute approximate surface area is 92.7 Å². The first-order valence-electron chi connectivity index (χ1n) is 5.58. The molecule has 1 aromatic carbocycles. The van der Waals surface area contributed by atoms with Crippen LogP contribution in [0.3, 0.4) is 0 Å². The second-order valence-electron chi connectivity index (χ2n) is 4.83. The Kier molecular flexibility index (Phi) is 3.61. The van der Waals surface area contributed by atoms with Gasteiger partial charge in [0.15, 0.2) is 0 Å². The summed E-state index contributed by atoms with van der Waals surface area (Å²) in [5, 5.41) is 0. The highest BCUT2D eigenvalue weighted by molar-refractivity contribution is 5.66. The summed E-state index contributed by atoms with van der Waals surface area (Å²) < 4.78 is 0. The Bertz CT molecular complexity index is 343. The lowest BCUT2D eigenvalue weighted by Gasteiger charge is -2.19. The van der Waals surface area contributed by atoms with Gasteiger partial charge in [0.2, 0.25) is 0 Å². The Morgan fingerprint density at radius 1 is 1.13 bits per heavy atom. The van der Waals surface area contributed by atoms with Gasteiger partial charge < -0.3 is 11.5 Å². The van der Waals surface area contributed by atoms with E-state index in [1.807, 2.05) is 19.1 Å². The molecule has 1 rings (SSSR count). The van der Waals surface area contributed by atoms with Crippen molar-refractivity contribution < 1.29 is 0 Å². The Hall–Kier alpha value is -1.18. The number of aryl methyl sites for hydroxylation is 1. The third kappa shape index (κ3) is 2.65. The van der Waals surface area contributed by atoms with Crippen LogP contribution in [0.4, 0.5) is 11.4 Å². The molecule has 0 saturated carbocycles.